The van der Waals surface area contributed by atoms with Crippen molar-refractivity contribution in [2.75, 3.05) is 25.6 Å². The number of ether oxygens (including phenoxy) is 2. The number of hydrogen-bond donors (Lipinski definition) is 1. The van der Waals surface area contributed by atoms with Crippen molar-refractivity contribution < 1.29 is 19.1 Å². The highest BCUT2D eigenvalue weighted by Gasteiger charge is 2.38. The number of nitrogens with zero attached hydrogens (tertiary/aromatic N) is 1. The summed E-state index contributed by atoms with van der Waals surface area (Å²) in [7, 11) is 1.53. The second kappa shape index (κ2) is 9.01. The fraction of sp³-hybridized carbons (Fsp3) is 0.273. The molecule has 1 aliphatic heterocycles. The lowest BCUT2D eigenvalue weighted by Crippen LogP contribution is -2.32. The van der Waals surface area contributed by atoms with E-state index in [0.29, 0.717) is 34.2 Å². The predicted molar refractivity (Wildman–Crippen MR) is 113 cm³/mol. The largest absolute Gasteiger partial charge is 0.495 e. The normalized spacial score (nSPS) is 13.9. The van der Waals surface area contributed by atoms with Gasteiger partial charge in [0.25, 0.3) is 11.8 Å². The van der Waals surface area contributed by atoms with Crippen LogP contribution in [0.15, 0.2) is 48.2 Å². The van der Waals surface area contributed by atoms with Crippen LogP contribution in [0.5, 0.6) is 11.5 Å². The standard InChI is InChI=1S/C22H23ClN2O4/c1-4-12-29-16-9-6-14(7-10-16)19-20(22(27)25(5-2)21(19)26)24-15-8-11-18(28-3)17(23)13-15/h6-11,13,24H,4-5,12H2,1-3H3. The zero-order chi connectivity index (χ0) is 21.0. The molecule has 0 spiro atoms. The maximum atomic E-state index is 12.9. The topological polar surface area (TPSA) is 67.9 Å². The maximum Gasteiger partial charge on any atom is 0.278 e. The highest BCUT2D eigenvalue weighted by atomic mass is 35.5. The quantitative estimate of drug-likeness (QED) is 0.650. The van der Waals surface area contributed by atoms with Crippen LogP contribution in [0.1, 0.15) is 25.8 Å². The van der Waals surface area contributed by atoms with E-state index in [-0.39, 0.29) is 24.1 Å². The smallest absolute Gasteiger partial charge is 0.278 e. The molecule has 0 saturated heterocycles. The first-order valence-electron chi connectivity index (χ1n) is 9.44. The molecular formula is C22H23ClN2O4. The molecule has 0 fully saturated rings. The summed E-state index contributed by atoms with van der Waals surface area (Å²) in [4.78, 5) is 27.0. The van der Waals surface area contributed by atoms with Crippen LogP contribution < -0.4 is 14.8 Å². The van der Waals surface area contributed by atoms with Crippen molar-refractivity contribution in [2.24, 2.45) is 0 Å². The average molecular weight is 415 g/mol. The van der Waals surface area contributed by atoms with E-state index in [4.69, 9.17) is 21.1 Å². The Balaban J connectivity index is 1.98. The number of rotatable bonds is 8. The number of nitrogens with one attached hydrogen (secondary N) is 1. The van der Waals surface area contributed by atoms with Gasteiger partial charge in [-0.1, -0.05) is 30.7 Å². The van der Waals surface area contributed by atoms with Crippen molar-refractivity contribution in [1.29, 1.82) is 0 Å². The van der Waals surface area contributed by atoms with Crippen LogP contribution in [-0.4, -0.2) is 37.0 Å². The molecule has 7 heteroatoms. The van der Waals surface area contributed by atoms with Crippen LogP contribution in [0.4, 0.5) is 5.69 Å². The summed E-state index contributed by atoms with van der Waals surface area (Å²) in [5, 5.41) is 3.48. The van der Waals surface area contributed by atoms with Gasteiger partial charge in [0.05, 0.1) is 24.3 Å². The van der Waals surface area contributed by atoms with Gasteiger partial charge in [0.1, 0.15) is 17.2 Å². The third-order valence-corrected chi connectivity index (χ3v) is 4.82. The molecule has 2 amide bonds. The number of halogens is 1. The van der Waals surface area contributed by atoms with Gasteiger partial charge in [-0.15, -0.1) is 0 Å². The van der Waals surface area contributed by atoms with E-state index in [9.17, 15) is 9.59 Å². The number of benzene rings is 2. The summed E-state index contributed by atoms with van der Waals surface area (Å²) >= 11 is 6.19. The number of likely N-dealkylation sites (N-methyl/N-ethyl adjacent to an activating group) is 1. The molecule has 0 unspecified atom stereocenters. The average Bonchev–Trinajstić information content (AvgIpc) is 2.96. The zero-order valence-electron chi connectivity index (χ0n) is 16.6. The van der Waals surface area contributed by atoms with Crippen molar-refractivity contribution in [3.63, 3.8) is 0 Å². The number of carbonyl (C=O) groups excluding carboxylic acids is 2. The summed E-state index contributed by atoms with van der Waals surface area (Å²) < 4.78 is 10.8. The minimum atomic E-state index is -0.370. The van der Waals surface area contributed by atoms with Crippen molar-refractivity contribution >= 4 is 34.7 Å². The molecule has 6 nitrogen and oxygen atoms in total. The molecule has 0 radical (unpaired) electrons. The molecule has 1 N–H and O–H groups in total. The fourth-order valence-electron chi connectivity index (χ4n) is 3.07. The zero-order valence-corrected chi connectivity index (χ0v) is 17.4. The van der Waals surface area contributed by atoms with Gasteiger partial charge in [0.2, 0.25) is 0 Å². The Morgan fingerprint density at radius 3 is 2.34 bits per heavy atom. The van der Waals surface area contributed by atoms with Crippen molar-refractivity contribution in [3.05, 3.63) is 58.7 Å². The SMILES string of the molecule is CCCOc1ccc(C2=C(Nc3ccc(OC)c(Cl)c3)C(=O)N(CC)C2=O)cc1. The number of carbonyl (C=O) groups is 2. The Hall–Kier alpha value is -2.99. The molecule has 1 aliphatic rings. The number of methoxy groups -OCH3 is 1. The molecule has 0 bridgehead atoms. The van der Waals surface area contributed by atoms with Gasteiger partial charge >= 0.3 is 0 Å². The summed E-state index contributed by atoms with van der Waals surface area (Å²) in [5.74, 6) is 0.544. The van der Waals surface area contributed by atoms with Gasteiger partial charge < -0.3 is 14.8 Å². The van der Waals surface area contributed by atoms with E-state index in [1.54, 1.807) is 49.4 Å². The summed E-state index contributed by atoms with van der Waals surface area (Å²) in [6, 6.07) is 12.3. The van der Waals surface area contributed by atoms with Crippen LogP contribution in [0.3, 0.4) is 0 Å². The Bertz CT molecular complexity index is 954. The highest BCUT2D eigenvalue weighted by Crippen LogP contribution is 2.33. The van der Waals surface area contributed by atoms with E-state index in [0.717, 1.165) is 12.2 Å². The van der Waals surface area contributed by atoms with Gasteiger partial charge in [0.15, 0.2) is 0 Å². The van der Waals surface area contributed by atoms with Gasteiger partial charge in [-0.05, 0) is 49.2 Å². The summed E-state index contributed by atoms with van der Waals surface area (Å²) in [6.45, 7) is 4.70. The van der Waals surface area contributed by atoms with Crippen LogP contribution in [-0.2, 0) is 9.59 Å². The highest BCUT2D eigenvalue weighted by molar-refractivity contribution is 6.36. The molecule has 2 aromatic rings. The molecule has 0 atom stereocenters. The van der Waals surface area contributed by atoms with E-state index >= 15 is 0 Å². The number of amides is 2. The summed E-state index contributed by atoms with van der Waals surface area (Å²) in [5.41, 5.74) is 1.78. The molecule has 0 aliphatic carbocycles. The number of hydrogen-bond acceptors (Lipinski definition) is 5. The maximum absolute atomic E-state index is 12.9. The van der Waals surface area contributed by atoms with Gasteiger partial charge in [-0.25, -0.2) is 0 Å². The van der Waals surface area contributed by atoms with E-state index in [2.05, 4.69) is 5.32 Å². The van der Waals surface area contributed by atoms with E-state index in [1.807, 2.05) is 6.92 Å². The van der Waals surface area contributed by atoms with E-state index < -0.39 is 0 Å². The van der Waals surface area contributed by atoms with Crippen LogP contribution in [0.25, 0.3) is 5.57 Å². The van der Waals surface area contributed by atoms with Crippen molar-refractivity contribution in [3.8, 4) is 11.5 Å². The first-order chi connectivity index (χ1) is 14.0. The molecule has 0 saturated carbocycles. The van der Waals surface area contributed by atoms with Crippen molar-refractivity contribution in [1.82, 2.24) is 4.90 Å². The molecule has 3 rings (SSSR count). The second-order valence-corrected chi connectivity index (χ2v) is 6.86. The molecular weight excluding hydrogens is 392 g/mol. The molecule has 152 valence electrons. The van der Waals surface area contributed by atoms with Crippen LogP contribution in [0.2, 0.25) is 5.02 Å². The van der Waals surface area contributed by atoms with Gasteiger partial charge in [-0.3, -0.25) is 14.5 Å². The minimum absolute atomic E-state index is 0.223. The Kier molecular flexibility index (Phi) is 6.44. The van der Waals surface area contributed by atoms with Crippen LogP contribution in [0, 0.1) is 0 Å². The molecule has 1 heterocycles. The molecule has 29 heavy (non-hydrogen) atoms. The number of imide groups is 1. The Labute approximate surface area is 175 Å². The third kappa shape index (κ3) is 4.22. The lowest BCUT2D eigenvalue weighted by atomic mass is 10.0. The Morgan fingerprint density at radius 2 is 1.76 bits per heavy atom. The predicted octanol–water partition coefficient (Wildman–Crippen LogP) is 4.35. The van der Waals surface area contributed by atoms with Crippen LogP contribution >= 0.6 is 11.6 Å². The monoisotopic (exact) mass is 414 g/mol. The van der Waals surface area contributed by atoms with E-state index in [1.165, 1.54) is 12.0 Å². The lowest BCUT2D eigenvalue weighted by Gasteiger charge is -2.12. The Morgan fingerprint density at radius 1 is 1.03 bits per heavy atom. The first-order valence-corrected chi connectivity index (χ1v) is 9.82. The minimum Gasteiger partial charge on any atom is -0.495 e. The first kappa shape index (κ1) is 20.7. The van der Waals surface area contributed by atoms with Crippen molar-refractivity contribution in [2.45, 2.75) is 20.3 Å². The number of anilines is 1. The fourth-order valence-corrected chi connectivity index (χ4v) is 3.33. The molecule has 0 aromatic heterocycles. The molecule has 2 aromatic carbocycles. The van der Waals surface area contributed by atoms with Gasteiger partial charge in [0, 0.05) is 12.2 Å². The summed E-state index contributed by atoms with van der Waals surface area (Å²) in [6.07, 6.45) is 0.907. The third-order valence-electron chi connectivity index (χ3n) is 4.52. The lowest BCUT2D eigenvalue weighted by molar-refractivity contribution is -0.136. The second-order valence-electron chi connectivity index (χ2n) is 6.45. The van der Waals surface area contributed by atoms with Gasteiger partial charge in [-0.2, -0.15) is 0 Å².